The van der Waals surface area contributed by atoms with Gasteiger partial charge in [-0.2, -0.15) is 0 Å². The molecule has 0 aromatic heterocycles. The Labute approximate surface area is 255 Å². The van der Waals surface area contributed by atoms with Gasteiger partial charge in [0.25, 0.3) is 0 Å². The lowest BCUT2D eigenvalue weighted by atomic mass is 10.00. The molecule has 0 radical (unpaired) electrons. The first-order valence-corrected chi connectivity index (χ1v) is 18.3. The number of aliphatic hydroxyl groups excluding tert-OH is 1. The monoisotopic (exact) mass is 579 g/mol. The highest BCUT2D eigenvalue weighted by atomic mass is 16.6. The molecule has 4 atom stereocenters. The number of hydrogen-bond acceptors (Lipinski definition) is 4. The first-order valence-electron chi connectivity index (χ1n) is 18.3. The van der Waals surface area contributed by atoms with Gasteiger partial charge in [0.2, 0.25) is 0 Å². The number of aliphatic hydroxyl groups is 1. The van der Waals surface area contributed by atoms with E-state index in [2.05, 4.69) is 20.4 Å². The van der Waals surface area contributed by atoms with Gasteiger partial charge < -0.3 is 14.6 Å². The molecule has 1 fully saturated rings. The van der Waals surface area contributed by atoms with Gasteiger partial charge in [-0.15, -0.1) is 6.58 Å². The molecular formula is C37H70O4. The maximum absolute atomic E-state index is 12.8. The zero-order valence-electron chi connectivity index (χ0n) is 27.6. The molecule has 242 valence electrons. The first kappa shape index (κ1) is 38.2. The van der Waals surface area contributed by atoms with Gasteiger partial charge in [-0.1, -0.05) is 148 Å². The molecule has 0 aromatic rings. The topological polar surface area (TPSA) is 55.8 Å². The van der Waals surface area contributed by atoms with Gasteiger partial charge in [0.15, 0.2) is 0 Å². The lowest BCUT2D eigenvalue weighted by Gasteiger charge is -2.24. The van der Waals surface area contributed by atoms with Crippen molar-refractivity contribution in [2.45, 2.75) is 218 Å². The number of carbonyl (C=O) groups is 1. The van der Waals surface area contributed by atoms with Crippen LogP contribution >= 0.6 is 0 Å². The predicted molar refractivity (Wildman–Crippen MR) is 175 cm³/mol. The van der Waals surface area contributed by atoms with Crippen molar-refractivity contribution in [1.29, 1.82) is 0 Å². The molecule has 1 aliphatic rings. The summed E-state index contributed by atoms with van der Waals surface area (Å²) in [5.41, 5.74) is 0. The Morgan fingerprint density at radius 2 is 1.24 bits per heavy atom. The van der Waals surface area contributed by atoms with Crippen LogP contribution in [0.4, 0.5) is 0 Å². The van der Waals surface area contributed by atoms with E-state index in [-0.39, 0.29) is 24.3 Å². The van der Waals surface area contributed by atoms with Gasteiger partial charge in [0.1, 0.15) is 6.10 Å². The Morgan fingerprint density at radius 3 is 1.80 bits per heavy atom. The van der Waals surface area contributed by atoms with E-state index in [1.54, 1.807) is 0 Å². The van der Waals surface area contributed by atoms with E-state index < -0.39 is 6.10 Å². The maximum atomic E-state index is 12.8. The summed E-state index contributed by atoms with van der Waals surface area (Å²) < 4.78 is 12.3. The molecule has 1 N–H and O–H groups in total. The minimum atomic E-state index is -0.437. The number of esters is 1. The largest absolute Gasteiger partial charge is 0.460 e. The number of hydrogen-bond donors (Lipinski definition) is 1. The minimum Gasteiger partial charge on any atom is -0.460 e. The molecule has 1 unspecified atom stereocenters. The summed E-state index contributed by atoms with van der Waals surface area (Å²) in [5, 5.41) is 10.6. The van der Waals surface area contributed by atoms with E-state index in [1.807, 2.05) is 6.08 Å². The zero-order valence-corrected chi connectivity index (χ0v) is 27.6. The number of unbranched alkanes of at least 4 members (excludes halogenated alkanes) is 21. The van der Waals surface area contributed by atoms with Crippen molar-refractivity contribution in [3.63, 3.8) is 0 Å². The molecule has 0 amide bonds. The summed E-state index contributed by atoms with van der Waals surface area (Å²) in [6, 6.07) is 0. The number of ether oxygens (including phenoxy) is 2. The second kappa shape index (κ2) is 27.9. The van der Waals surface area contributed by atoms with Crippen molar-refractivity contribution >= 4 is 5.97 Å². The van der Waals surface area contributed by atoms with Crippen molar-refractivity contribution in [2.24, 2.45) is 0 Å². The van der Waals surface area contributed by atoms with Crippen molar-refractivity contribution < 1.29 is 19.4 Å². The number of carbonyl (C=O) groups excluding carboxylic acids is 1. The van der Waals surface area contributed by atoms with E-state index in [0.29, 0.717) is 12.8 Å². The lowest BCUT2D eigenvalue weighted by molar-refractivity contribution is -0.158. The van der Waals surface area contributed by atoms with Gasteiger partial charge in [0, 0.05) is 12.8 Å². The molecule has 4 heteroatoms. The molecular weight excluding hydrogens is 508 g/mol. The van der Waals surface area contributed by atoms with Crippen molar-refractivity contribution in [1.82, 2.24) is 0 Å². The average molecular weight is 579 g/mol. The third-order valence-electron chi connectivity index (χ3n) is 8.92. The van der Waals surface area contributed by atoms with Crippen molar-refractivity contribution in [3.05, 3.63) is 12.7 Å². The smallest absolute Gasteiger partial charge is 0.306 e. The summed E-state index contributed by atoms with van der Waals surface area (Å²) in [6.45, 7) is 8.28. The van der Waals surface area contributed by atoms with Gasteiger partial charge in [-0.05, 0) is 38.5 Å². The zero-order chi connectivity index (χ0) is 29.8. The molecule has 1 rings (SSSR count). The van der Waals surface area contributed by atoms with Gasteiger partial charge in [-0.25, -0.2) is 0 Å². The SMILES string of the molecule is C=CCCCCCCC[C@@H](OC(=O)CCCCCCCCCCCCCCCCC)C1C[C@H](O)[C@H](CCCCC)O1. The summed E-state index contributed by atoms with van der Waals surface area (Å²) in [6.07, 6.45) is 34.1. The molecule has 0 bridgehead atoms. The highest BCUT2D eigenvalue weighted by Gasteiger charge is 2.39. The van der Waals surface area contributed by atoms with Crippen LogP contribution in [0.3, 0.4) is 0 Å². The highest BCUT2D eigenvalue weighted by Crippen LogP contribution is 2.30. The van der Waals surface area contributed by atoms with Gasteiger partial charge in [0.05, 0.1) is 18.3 Å². The molecule has 0 spiro atoms. The van der Waals surface area contributed by atoms with Crippen LogP contribution in [0.1, 0.15) is 194 Å². The standard InChI is InChI=1S/C37H70O4/c1-4-7-10-12-14-15-16-17-18-19-20-21-23-25-28-31-37(39)41-35(30-27-24-22-13-11-8-5-2)36-32-33(38)34(40-36)29-26-9-6-3/h5,33-36,38H,2,4,6-32H2,1,3H3/t33-,34-,35+,36?/m0/s1. The Hall–Kier alpha value is -0.870. The second-order valence-electron chi connectivity index (χ2n) is 12.9. The van der Waals surface area contributed by atoms with E-state index in [1.165, 1.54) is 116 Å². The fourth-order valence-electron chi connectivity index (χ4n) is 6.21. The molecule has 1 heterocycles. The normalized spacial score (nSPS) is 19.4. The van der Waals surface area contributed by atoms with E-state index in [4.69, 9.17) is 9.47 Å². The fourth-order valence-corrected chi connectivity index (χ4v) is 6.21. The van der Waals surface area contributed by atoms with Crippen molar-refractivity contribution in [2.75, 3.05) is 0 Å². The summed E-state index contributed by atoms with van der Waals surface area (Å²) in [4.78, 5) is 12.8. The Morgan fingerprint density at radius 1 is 0.756 bits per heavy atom. The second-order valence-corrected chi connectivity index (χ2v) is 12.9. The van der Waals surface area contributed by atoms with E-state index >= 15 is 0 Å². The van der Waals surface area contributed by atoms with Crippen LogP contribution in [0.5, 0.6) is 0 Å². The van der Waals surface area contributed by atoms with E-state index in [9.17, 15) is 9.90 Å². The summed E-state index contributed by atoms with van der Waals surface area (Å²) >= 11 is 0. The van der Waals surface area contributed by atoms with Crippen LogP contribution in [0.15, 0.2) is 12.7 Å². The molecule has 41 heavy (non-hydrogen) atoms. The Balaban J connectivity index is 2.22. The number of rotatable bonds is 30. The maximum Gasteiger partial charge on any atom is 0.306 e. The first-order chi connectivity index (χ1) is 20.1. The Bertz CT molecular complexity index is 591. The molecule has 1 aliphatic heterocycles. The van der Waals surface area contributed by atoms with Gasteiger partial charge >= 0.3 is 5.97 Å². The van der Waals surface area contributed by atoms with Crippen LogP contribution < -0.4 is 0 Å². The molecule has 4 nitrogen and oxygen atoms in total. The van der Waals surface area contributed by atoms with E-state index in [0.717, 1.165) is 51.4 Å². The number of allylic oxidation sites excluding steroid dienone is 1. The summed E-state index contributed by atoms with van der Waals surface area (Å²) in [5.74, 6) is -0.0804. The lowest BCUT2D eigenvalue weighted by Crippen LogP contribution is -2.32. The molecule has 0 aliphatic carbocycles. The fraction of sp³-hybridized carbons (Fsp3) is 0.919. The molecule has 0 saturated carbocycles. The third-order valence-corrected chi connectivity index (χ3v) is 8.92. The van der Waals surface area contributed by atoms with Crippen LogP contribution in [0, 0.1) is 0 Å². The quantitative estimate of drug-likeness (QED) is 0.0523. The van der Waals surface area contributed by atoms with Crippen LogP contribution in [0.25, 0.3) is 0 Å². The Kier molecular flexibility index (Phi) is 26.0. The average Bonchev–Trinajstić information content (AvgIpc) is 3.34. The third kappa shape index (κ3) is 21.5. The predicted octanol–water partition coefficient (Wildman–Crippen LogP) is 11.2. The van der Waals surface area contributed by atoms with Crippen molar-refractivity contribution in [3.8, 4) is 0 Å². The summed E-state index contributed by atoms with van der Waals surface area (Å²) in [7, 11) is 0. The highest BCUT2D eigenvalue weighted by molar-refractivity contribution is 5.69. The minimum absolute atomic E-state index is 0.0804. The molecule has 0 aromatic carbocycles. The molecule has 1 saturated heterocycles. The van der Waals surface area contributed by atoms with Gasteiger partial charge in [-0.3, -0.25) is 4.79 Å². The van der Waals surface area contributed by atoms with Crippen LogP contribution in [0.2, 0.25) is 0 Å². The van der Waals surface area contributed by atoms with Crippen LogP contribution in [-0.4, -0.2) is 35.5 Å². The van der Waals surface area contributed by atoms with Crippen LogP contribution in [-0.2, 0) is 14.3 Å².